The zero-order valence-electron chi connectivity index (χ0n) is 18.6. The first-order chi connectivity index (χ1) is 16.3. The van der Waals surface area contributed by atoms with Crippen molar-refractivity contribution in [2.24, 2.45) is 0 Å². The van der Waals surface area contributed by atoms with Crippen molar-refractivity contribution in [1.29, 1.82) is 0 Å². The fourth-order valence-electron chi connectivity index (χ4n) is 2.78. The van der Waals surface area contributed by atoms with Gasteiger partial charge in [0.05, 0.1) is 18.0 Å². The summed E-state index contributed by atoms with van der Waals surface area (Å²) in [5.74, 6) is -4.71. The minimum absolute atomic E-state index is 0.0425. The summed E-state index contributed by atoms with van der Waals surface area (Å²) >= 11 is 2.16. The Bertz CT molecular complexity index is 1120. The number of hydrogen-bond donors (Lipinski definition) is 2. The van der Waals surface area contributed by atoms with Crippen molar-refractivity contribution in [2.75, 3.05) is 23.5 Å². The molecule has 35 heavy (non-hydrogen) atoms. The van der Waals surface area contributed by atoms with Crippen LogP contribution in [0.3, 0.4) is 0 Å². The first kappa shape index (κ1) is 28.8. The average molecular weight is 552 g/mol. The summed E-state index contributed by atoms with van der Waals surface area (Å²) in [6.07, 6.45) is -3.77. The van der Waals surface area contributed by atoms with Crippen LogP contribution in [0.2, 0.25) is 0 Å². The Kier molecular flexibility index (Phi) is 10.7. The van der Waals surface area contributed by atoms with Gasteiger partial charge in [-0.15, -0.1) is 11.3 Å². The number of nitrogens with one attached hydrogen (secondary N) is 2. The highest BCUT2D eigenvalue weighted by Gasteiger charge is 2.37. The maximum absolute atomic E-state index is 12.7. The minimum atomic E-state index is -4.90. The van der Waals surface area contributed by atoms with Crippen molar-refractivity contribution in [3.05, 3.63) is 41.4 Å². The molecule has 0 aliphatic carbocycles. The zero-order chi connectivity index (χ0) is 26.1. The molecule has 1 atom stereocenters. The van der Waals surface area contributed by atoms with Crippen molar-refractivity contribution in [2.45, 2.75) is 31.6 Å². The quantitative estimate of drug-likeness (QED) is 0.367. The molecule has 1 heterocycles. The molecule has 0 saturated carbocycles. The van der Waals surface area contributed by atoms with Crippen LogP contribution in [0.15, 0.2) is 35.7 Å². The lowest BCUT2D eigenvalue weighted by Crippen LogP contribution is -2.48. The maximum atomic E-state index is 12.7. The molecule has 1 aromatic heterocycles. The molecule has 192 valence electrons. The SMILES string of the molecule is CS(=O)(=O)CC(=O)N[C@@H](CCCSCC(=O)C(F)(F)F)C(=O)NCc1csc(-c2ccccc2)n1. The van der Waals surface area contributed by atoms with Crippen LogP contribution in [0.4, 0.5) is 13.2 Å². The van der Waals surface area contributed by atoms with Crippen molar-refractivity contribution in [3.63, 3.8) is 0 Å². The van der Waals surface area contributed by atoms with Crippen molar-refractivity contribution >= 4 is 50.5 Å². The third kappa shape index (κ3) is 10.8. The molecule has 0 radical (unpaired) electrons. The molecule has 14 heteroatoms. The molecular weight excluding hydrogens is 527 g/mol. The average Bonchev–Trinajstić information content (AvgIpc) is 3.24. The van der Waals surface area contributed by atoms with E-state index in [1.54, 1.807) is 5.38 Å². The molecule has 0 fully saturated rings. The van der Waals surface area contributed by atoms with E-state index < -0.39 is 51.2 Å². The summed E-state index contributed by atoms with van der Waals surface area (Å²) in [4.78, 5) is 40.1. The second-order valence-electron chi connectivity index (χ2n) is 7.53. The Labute approximate surface area is 209 Å². The van der Waals surface area contributed by atoms with Crippen molar-refractivity contribution in [1.82, 2.24) is 15.6 Å². The number of nitrogens with zero attached hydrogens (tertiary/aromatic N) is 1. The van der Waals surface area contributed by atoms with Crippen LogP contribution in [0.5, 0.6) is 0 Å². The van der Waals surface area contributed by atoms with Crippen LogP contribution >= 0.6 is 23.1 Å². The maximum Gasteiger partial charge on any atom is 0.450 e. The second-order valence-corrected chi connectivity index (χ2v) is 11.6. The summed E-state index contributed by atoms with van der Waals surface area (Å²) < 4.78 is 59.6. The number of alkyl halides is 3. The van der Waals surface area contributed by atoms with E-state index in [9.17, 15) is 36.0 Å². The lowest BCUT2D eigenvalue weighted by atomic mass is 10.1. The number of carbonyl (C=O) groups excluding carboxylic acids is 3. The number of sulfone groups is 1. The summed E-state index contributed by atoms with van der Waals surface area (Å²) in [6, 6.07) is 8.32. The van der Waals surface area contributed by atoms with Crippen LogP contribution in [0.25, 0.3) is 10.6 Å². The van der Waals surface area contributed by atoms with Gasteiger partial charge < -0.3 is 10.6 Å². The first-order valence-corrected chi connectivity index (χ1v) is 14.4. The van der Waals surface area contributed by atoms with Gasteiger partial charge in [0, 0.05) is 17.2 Å². The van der Waals surface area contributed by atoms with E-state index in [4.69, 9.17) is 0 Å². The molecule has 2 rings (SSSR count). The van der Waals surface area contributed by atoms with E-state index in [1.165, 1.54) is 11.3 Å². The molecule has 0 spiro atoms. The number of amides is 2. The van der Waals surface area contributed by atoms with Crippen LogP contribution in [-0.4, -0.2) is 66.7 Å². The molecule has 2 N–H and O–H groups in total. The summed E-state index contributed by atoms with van der Waals surface area (Å²) in [7, 11) is -3.63. The highest BCUT2D eigenvalue weighted by Crippen LogP contribution is 2.23. The molecule has 1 aromatic carbocycles. The van der Waals surface area contributed by atoms with Gasteiger partial charge in [-0.25, -0.2) is 13.4 Å². The van der Waals surface area contributed by atoms with Gasteiger partial charge in [0.15, 0.2) is 9.84 Å². The van der Waals surface area contributed by atoms with Crippen LogP contribution < -0.4 is 10.6 Å². The summed E-state index contributed by atoms with van der Waals surface area (Å²) in [6.45, 7) is 0.0649. The van der Waals surface area contributed by atoms with E-state index >= 15 is 0 Å². The van der Waals surface area contributed by atoms with Gasteiger partial charge in [0.1, 0.15) is 16.8 Å². The number of aromatic nitrogens is 1. The molecule has 0 unspecified atom stereocenters. The van der Waals surface area contributed by atoms with Gasteiger partial charge in [-0.3, -0.25) is 14.4 Å². The number of thioether (sulfide) groups is 1. The molecule has 0 aliphatic rings. The molecule has 2 amide bonds. The van der Waals surface area contributed by atoms with E-state index in [-0.39, 0.29) is 25.1 Å². The Morgan fingerprint density at radius 3 is 2.49 bits per heavy atom. The number of carbonyl (C=O) groups is 3. The highest BCUT2D eigenvalue weighted by atomic mass is 32.2. The Balaban J connectivity index is 1.93. The topological polar surface area (TPSA) is 122 Å². The fraction of sp³-hybridized carbons (Fsp3) is 0.429. The summed E-state index contributed by atoms with van der Waals surface area (Å²) in [5, 5.41) is 7.54. The second kappa shape index (κ2) is 13.0. The summed E-state index contributed by atoms with van der Waals surface area (Å²) in [5.41, 5.74) is 1.51. The van der Waals surface area contributed by atoms with Crippen molar-refractivity contribution < 1.29 is 36.0 Å². The Morgan fingerprint density at radius 1 is 1.17 bits per heavy atom. The monoisotopic (exact) mass is 551 g/mol. The van der Waals surface area contributed by atoms with Gasteiger partial charge >= 0.3 is 6.18 Å². The molecule has 0 bridgehead atoms. The largest absolute Gasteiger partial charge is 0.450 e. The van der Waals surface area contributed by atoms with E-state index in [0.717, 1.165) is 28.6 Å². The van der Waals surface area contributed by atoms with Crippen LogP contribution in [0.1, 0.15) is 18.5 Å². The van der Waals surface area contributed by atoms with Gasteiger partial charge in [0.25, 0.3) is 0 Å². The van der Waals surface area contributed by atoms with Gasteiger partial charge in [-0.05, 0) is 18.6 Å². The number of benzene rings is 1. The van der Waals surface area contributed by atoms with Gasteiger partial charge in [-0.1, -0.05) is 30.3 Å². The van der Waals surface area contributed by atoms with Gasteiger partial charge in [-0.2, -0.15) is 24.9 Å². The number of thiazole rings is 1. The number of rotatable bonds is 13. The van der Waals surface area contributed by atoms with Crippen LogP contribution in [0, 0.1) is 0 Å². The van der Waals surface area contributed by atoms with E-state index in [1.807, 2.05) is 30.3 Å². The van der Waals surface area contributed by atoms with Crippen molar-refractivity contribution in [3.8, 4) is 10.6 Å². The third-order valence-electron chi connectivity index (χ3n) is 4.39. The third-order valence-corrected chi connectivity index (χ3v) is 7.16. The number of hydrogen-bond acceptors (Lipinski definition) is 8. The number of ketones is 1. The number of Topliss-reactive ketones (excluding diaryl/α,β-unsaturated/α-hetero) is 1. The lowest BCUT2D eigenvalue weighted by Gasteiger charge is -2.18. The molecule has 2 aromatic rings. The Hall–Kier alpha value is -2.45. The van der Waals surface area contributed by atoms with Crippen LogP contribution in [-0.2, 0) is 30.8 Å². The first-order valence-electron chi connectivity index (χ1n) is 10.3. The molecular formula is C21H24F3N3O5S3. The van der Waals surface area contributed by atoms with E-state index in [0.29, 0.717) is 5.69 Å². The predicted octanol–water partition coefficient (Wildman–Crippen LogP) is 2.60. The fourth-order valence-corrected chi connectivity index (χ4v) is 5.03. The molecule has 0 aliphatic heterocycles. The number of halogens is 3. The van der Waals surface area contributed by atoms with E-state index in [2.05, 4.69) is 15.6 Å². The van der Waals surface area contributed by atoms with Gasteiger partial charge in [0.2, 0.25) is 17.6 Å². The molecule has 0 saturated heterocycles. The Morgan fingerprint density at radius 2 is 1.86 bits per heavy atom. The lowest BCUT2D eigenvalue weighted by molar-refractivity contribution is -0.167. The smallest absolute Gasteiger partial charge is 0.349 e. The molecule has 8 nitrogen and oxygen atoms in total. The minimum Gasteiger partial charge on any atom is -0.349 e. The zero-order valence-corrected chi connectivity index (χ0v) is 21.1. The highest BCUT2D eigenvalue weighted by molar-refractivity contribution is 7.99. The predicted molar refractivity (Wildman–Crippen MR) is 129 cm³/mol. The normalized spacial score (nSPS) is 12.7. The standard InChI is InChI=1S/C21H24F3N3O5S3/c1-35(31,32)13-18(29)27-16(8-5-9-33-12-17(28)21(22,23)24)19(30)25-10-15-11-34-20(26-15)14-6-3-2-4-7-14/h2-4,6-7,11,16H,5,8-10,12-13H2,1H3,(H,25,30)(H,27,29)/t16-/m0/s1.